The normalized spacial score (nSPS) is 15.0. The van der Waals surface area contributed by atoms with E-state index < -0.39 is 11.5 Å². The first-order chi connectivity index (χ1) is 6.15. The maximum absolute atomic E-state index is 12.5. The third-order valence-corrected chi connectivity index (χ3v) is 2.16. The first kappa shape index (κ1) is 10.2. The molecule has 0 saturated heterocycles. The number of hydrogen-bond acceptors (Lipinski definition) is 1. The monoisotopic (exact) mass is 200 g/mol. The number of rotatable bonds is 3. The Morgan fingerprint density at radius 3 is 2.38 bits per heavy atom. The lowest BCUT2D eigenvalue weighted by molar-refractivity contribution is 0.185. The average Bonchev–Trinajstić information content (AvgIpc) is 2.17. The van der Waals surface area contributed by atoms with Crippen molar-refractivity contribution >= 4 is 11.6 Å². The number of aliphatic hydroxyl groups excluding tert-OH is 1. The van der Waals surface area contributed by atoms with Crippen molar-refractivity contribution in [2.45, 2.75) is 11.5 Å². The van der Waals surface area contributed by atoms with E-state index in [4.69, 9.17) is 11.6 Å². The van der Waals surface area contributed by atoms with Crippen LogP contribution in [0.3, 0.4) is 0 Å². The molecule has 0 radical (unpaired) electrons. The lowest BCUT2D eigenvalue weighted by Crippen LogP contribution is -2.09. The molecule has 0 aliphatic heterocycles. The van der Waals surface area contributed by atoms with Gasteiger partial charge in [0.1, 0.15) is 5.82 Å². The van der Waals surface area contributed by atoms with E-state index in [1.165, 1.54) is 30.3 Å². The fourth-order valence-corrected chi connectivity index (χ4v) is 1.12. The van der Waals surface area contributed by atoms with Crippen molar-refractivity contribution in [1.29, 1.82) is 0 Å². The molecule has 0 unspecified atom stereocenters. The summed E-state index contributed by atoms with van der Waals surface area (Å²) in [6, 6.07) is 5.56. The van der Waals surface area contributed by atoms with Gasteiger partial charge in [-0.05, 0) is 17.7 Å². The number of aliphatic hydroxyl groups is 1. The topological polar surface area (TPSA) is 20.2 Å². The zero-order chi connectivity index (χ0) is 9.84. The Bertz CT molecular complexity index is 283. The van der Waals surface area contributed by atoms with E-state index in [0.29, 0.717) is 5.56 Å². The van der Waals surface area contributed by atoms with Gasteiger partial charge < -0.3 is 5.11 Å². The molecule has 3 heteroatoms. The van der Waals surface area contributed by atoms with Gasteiger partial charge in [0, 0.05) is 0 Å². The summed E-state index contributed by atoms with van der Waals surface area (Å²) in [5, 5.41) is 9.00. The van der Waals surface area contributed by atoms with Gasteiger partial charge in [-0.15, -0.1) is 18.2 Å². The molecule has 0 aliphatic rings. The van der Waals surface area contributed by atoms with Crippen molar-refractivity contribution in [3.05, 3.63) is 48.3 Å². The Balaban J connectivity index is 2.82. The fourth-order valence-electron chi connectivity index (χ4n) is 0.973. The highest BCUT2D eigenvalue weighted by Crippen LogP contribution is 2.21. The van der Waals surface area contributed by atoms with Crippen LogP contribution < -0.4 is 0 Å². The Labute approximate surface area is 81.5 Å². The average molecular weight is 201 g/mol. The summed E-state index contributed by atoms with van der Waals surface area (Å²) in [6.07, 6.45) is 0.607. The molecule has 0 bridgehead atoms. The molecule has 0 fully saturated rings. The molecule has 70 valence electrons. The van der Waals surface area contributed by atoms with Gasteiger partial charge in [0.15, 0.2) is 0 Å². The van der Waals surface area contributed by atoms with Gasteiger partial charge in [-0.25, -0.2) is 4.39 Å². The lowest BCUT2D eigenvalue weighted by atomic mass is 10.1. The van der Waals surface area contributed by atoms with Crippen molar-refractivity contribution in [2.75, 3.05) is 0 Å². The molecule has 0 amide bonds. The summed E-state index contributed by atoms with van der Waals surface area (Å²) in [4.78, 5) is 0. The Kier molecular flexibility index (Phi) is 3.46. The van der Waals surface area contributed by atoms with Gasteiger partial charge in [-0.2, -0.15) is 0 Å². The quantitative estimate of drug-likeness (QED) is 0.588. The molecule has 1 N–H and O–H groups in total. The molecular formula is C10H10ClFO. The molecule has 1 nitrogen and oxygen atoms in total. The van der Waals surface area contributed by atoms with Crippen LogP contribution in [0.2, 0.25) is 0 Å². The lowest BCUT2D eigenvalue weighted by Gasteiger charge is -2.13. The predicted octanol–water partition coefficient (Wildman–Crippen LogP) is 2.65. The second-order valence-electron chi connectivity index (χ2n) is 2.68. The first-order valence-corrected chi connectivity index (χ1v) is 4.29. The van der Waals surface area contributed by atoms with Crippen LogP contribution in [0.25, 0.3) is 0 Å². The summed E-state index contributed by atoms with van der Waals surface area (Å²) in [7, 11) is 0. The SMILES string of the molecule is C=C[C@H](Cl)[C@@H](O)c1ccc(F)cc1. The minimum absolute atomic E-state index is 0.333. The Morgan fingerprint density at radius 1 is 1.38 bits per heavy atom. The van der Waals surface area contributed by atoms with Crippen LogP contribution in [0.5, 0.6) is 0 Å². The highest BCUT2D eigenvalue weighted by atomic mass is 35.5. The summed E-state index contributed by atoms with van der Waals surface area (Å²) in [5.41, 5.74) is 0.585. The Hall–Kier alpha value is -0.860. The van der Waals surface area contributed by atoms with E-state index in [1.807, 2.05) is 0 Å². The highest BCUT2D eigenvalue weighted by molar-refractivity contribution is 6.22. The van der Waals surface area contributed by atoms with Crippen molar-refractivity contribution < 1.29 is 9.50 Å². The minimum atomic E-state index is -0.834. The van der Waals surface area contributed by atoms with Gasteiger partial charge >= 0.3 is 0 Å². The first-order valence-electron chi connectivity index (χ1n) is 3.85. The number of alkyl halides is 1. The summed E-state index contributed by atoms with van der Waals surface area (Å²) in [6.45, 7) is 3.46. The maximum Gasteiger partial charge on any atom is 0.123 e. The molecule has 1 aromatic rings. The van der Waals surface area contributed by atoms with Crippen LogP contribution in [0.4, 0.5) is 4.39 Å². The number of hydrogen-bond donors (Lipinski definition) is 1. The maximum atomic E-state index is 12.5. The predicted molar refractivity (Wildman–Crippen MR) is 51.2 cm³/mol. The van der Waals surface area contributed by atoms with E-state index in [0.717, 1.165) is 0 Å². The van der Waals surface area contributed by atoms with Crippen LogP contribution in [-0.2, 0) is 0 Å². The summed E-state index contributed by atoms with van der Waals surface area (Å²) in [5.74, 6) is -0.333. The van der Waals surface area contributed by atoms with Gasteiger partial charge in [-0.1, -0.05) is 18.2 Å². The highest BCUT2D eigenvalue weighted by Gasteiger charge is 2.14. The summed E-state index contributed by atoms with van der Waals surface area (Å²) < 4.78 is 12.5. The molecule has 2 atom stereocenters. The Morgan fingerprint density at radius 2 is 1.92 bits per heavy atom. The van der Waals surface area contributed by atoms with Crippen LogP contribution in [0.15, 0.2) is 36.9 Å². The van der Waals surface area contributed by atoms with Crippen LogP contribution in [0.1, 0.15) is 11.7 Å². The van der Waals surface area contributed by atoms with E-state index in [1.54, 1.807) is 0 Å². The fraction of sp³-hybridized carbons (Fsp3) is 0.200. The van der Waals surface area contributed by atoms with Crippen molar-refractivity contribution in [3.8, 4) is 0 Å². The van der Waals surface area contributed by atoms with Gasteiger partial charge in [-0.3, -0.25) is 0 Å². The minimum Gasteiger partial charge on any atom is -0.387 e. The van der Waals surface area contributed by atoms with Crippen LogP contribution in [-0.4, -0.2) is 10.5 Å². The van der Waals surface area contributed by atoms with Crippen LogP contribution in [0, 0.1) is 5.82 Å². The van der Waals surface area contributed by atoms with Crippen molar-refractivity contribution in [3.63, 3.8) is 0 Å². The smallest absolute Gasteiger partial charge is 0.123 e. The zero-order valence-electron chi connectivity index (χ0n) is 6.95. The molecule has 13 heavy (non-hydrogen) atoms. The standard InChI is InChI=1S/C10H10ClFO/c1-2-9(11)10(13)7-3-5-8(12)6-4-7/h2-6,9-10,13H,1H2/t9-,10-/m0/s1. The molecular weight excluding hydrogens is 191 g/mol. The largest absolute Gasteiger partial charge is 0.387 e. The summed E-state index contributed by atoms with van der Waals surface area (Å²) >= 11 is 5.73. The third-order valence-electron chi connectivity index (χ3n) is 1.74. The van der Waals surface area contributed by atoms with E-state index >= 15 is 0 Å². The van der Waals surface area contributed by atoms with Gasteiger partial charge in [0.05, 0.1) is 11.5 Å². The molecule has 0 aromatic heterocycles. The molecule has 0 aliphatic carbocycles. The van der Waals surface area contributed by atoms with Gasteiger partial charge in [0.25, 0.3) is 0 Å². The molecule has 0 heterocycles. The second kappa shape index (κ2) is 4.40. The third kappa shape index (κ3) is 2.54. The molecule has 0 spiro atoms. The second-order valence-corrected chi connectivity index (χ2v) is 3.18. The van der Waals surface area contributed by atoms with E-state index in [9.17, 15) is 9.50 Å². The van der Waals surface area contributed by atoms with Crippen LogP contribution >= 0.6 is 11.6 Å². The molecule has 1 aromatic carbocycles. The molecule has 1 rings (SSSR count). The zero-order valence-corrected chi connectivity index (χ0v) is 7.71. The van der Waals surface area contributed by atoms with Crippen molar-refractivity contribution in [1.82, 2.24) is 0 Å². The molecule has 0 saturated carbocycles. The van der Waals surface area contributed by atoms with E-state index in [2.05, 4.69) is 6.58 Å². The number of halogens is 2. The number of benzene rings is 1. The van der Waals surface area contributed by atoms with Gasteiger partial charge in [0.2, 0.25) is 0 Å². The van der Waals surface area contributed by atoms with Crippen molar-refractivity contribution in [2.24, 2.45) is 0 Å². The van der Waals surface area contributed by atoms with E-state index in [-0.39, 0.29) is 5.82 Å².